The van der Waals surface area contributed by atoms with Gasteiger partial charge in [-0.1, -0.05) is 17.7 Å². The van der Waals surface area contributed by atoms with Crippen LogP contribution in [-0.4, -0.2) is 31.7 Å². The van der Waals surface area contributed by atoms with Crippen LogP contribution in [0, 0.1) is 6.92 Å². The van der Waals surface area contributed by atoms with E-state index in [0.29, 0.717) is 13.2 Å². The lowest BCUT2D eigenvalue weighted by Crippen LogP contribution is -2.50. The van der Waals surface area contributed by atoms with E-state index in [1.807, 2.05) is 31.2 Å². The normalized spacial score (nSPS) is 21.2. The van der Waals surface area contributed by atoms with Crippen molar-refractivity contribution in [3.05, 3.63) is 29.8 Å². The zero-order valence-electron chi connectivity index (χ0n) is 9.35. The standard InChI is InChI=1S/C12H16N2O2/c1-9-2-4-10(5-3-9)14-6-7-16-11(8-13)12(14)15/h2-5,11H,6-8,13H2,1H3. The molecule has 1 amide bonds. The molecule has 4 nitrogen and oxygen atoms in total. The second-order valence-corrected chi connectivity index (χ2v) is 3.92. The molecule has 2 rings (SSSR count). The van der Waals surface area contributed by atoms with E-state index in [2.05, 4.69) is 0 Å². The lowest BCUT2D eigenvalue weighted by molar-refractivity contribution is -0.133. The topological polar surface area (TPSA) is 55.6 Å². The van der Waals surface area contributed by atoms with Gasteiger partial charge in [-0.3, -0.25) is 4.79 Å². The molecular weight excluding hydrogens is 204 g/mol. The Balaban J connectivity index is 2.20. The number of carbonyl (C=O) groups is 1. The molecule has 1 aliphatic heterocycles. The van der Waals surface area contributed by atoms with Crippen LogP contribution in [-0.2, 0) is 9.53 Å². The zero-order valence-corrected chi connectivity index (χ0v) is 9.35. The number of hydrogen-bond acceptors (Lipinski definition) is 3. The summed E-state index contributed by atoms with van der Waals surface area (Å²) in [4.78, 5) is 13.7. The molecule has 1 fully saturated rings. The fourth-order valence-electron chi connectivity index (χ4n) is 1.79. The fraction of sp³-hybridized carbons (Fsp3) is 0.417. The van der Waals surface area contributed by atoms with Crippen molar-refractivity contribution in [3.63, 3.8) is 0 Å². The van der Waals surface area contributed by atoms with Crippen LogP contribution >= 0.6 is 0 Å². The molecule has 0 spiro atoms. The third-order valence-electron chi connectivity index (χ3n) is 2.74. The van der Waals surface area contributed by atoms with Gasteiger partial charge >= 0.3 is 0 Å². The quantitative estimate of drug-likeness (QED) is 0.797. The Morgan fingerprint density at radius 3 is 2.75 bits per heavy atom. The Labute approximate surface area is 95.0 Å². The van der Waals surface area contributed by atoms with Gasteiger partial charge in [0, 0.05) is 18.8 Å². The first-order valence-electron chi connectivity index (χ1n) is 5.42. The van der Waals surface area contributed by atoms with Gasteiger partial charge in [0.1, 0.15) is 6.10 Å². The lowest BCUT2D eigenvalue weighted by Gasteiger charge is -2.31. The summed E-state index contributed by atoms with van der Waals surface area (Å²) < 4.78 is 5.30. The summed E-state index contributed by atoms with van der Waals surface area (Å²) in [5.41, 5.74) is 7.58. The Bertz CT molecular complexity index is 375. The van der Waals surface area contributed by atoms with Crippen molar-refractivity contribution < 1.29 is 9.53 Å². The van der Waals surface area contributed by atoms with Gasteiger partial charge < -0.3 is 15.4 Å². The maximum Gasteiger partial charge on any atom is 0.257 e. The van der Waals surface area contributed by atoms with Gasteiger partial charge in [0.15, 0.2) is 0 Å². The third kappa shape index (κ3) is 2.08. The monoisotopic (exact) mass is 220 g/mol. The smallest absolute Gasteiger partial charge is 0.257 e. The SMILES string of the molecule is Cc1ccc(N2CCOC(CN)C2=O)cc1. The van der Waals surface area contributed by atoms with Gasteiger partial charge in [-0.05, 0) is 19.1 Å². The fourth-order valence-corrected chi connectivity index (χ4v) is 1.79. The Hall–Kier alpha value is -1.39. The number of rotatable bonds is 2. The van der Waals surface area contributed by atoms with Gasteiger partial charge in [0.05, 0.1) is 6.61 Å². The maximum absolute atomic E-state index is 12.0. The Morgan fingerprint density at radius 1 is 1.44 bits per heavy atom. The number of hydrogen-bond donors (Lipinski definition) is 1. The summed E-state index contributed by atoms with van der Waals surface area (Å²) in [7, 11) is 0. The first kappa shape index (κ1) is 11.1. The summed E-state index contributed by atoms with van der Waals surface area (Å²) in [6, 6.07) is 7.89. The van der Waals surface area contributed by atoms with Gasteiger partial charge in [-0.25, -0.2) is 0 Å². The molecule has 1 aromatic carbocycles. The van der Waals surface area contributed by atoms with Gasteiger partial charge in [-0.2, -0.15) is 0 Å². The predicted octanol–water partition coefficient (Wildman–Crippen LogP) is 0.686. The molecule has 1 unspecified atom stereocenters. The van der Waals surface area contributed by atoms with Crippen LogP contribution in [0.3, 0.4) is 0 Å². The van der Waals surface area contributed by atoms with Crippen molar-refractivity contribution in [1.82, 2.24) is 0 Å². The van der Waals surface area contributed by atoms with Crippen LogP contribution in [0.1, 0.15) is 5.56 Å². The highest BCUT2D eigenvalue weighted by Crippen LogP contribution is 2.19. The van der Waals surface area contributed by atoms with Crippen LogP contribution in [0.2, 0.25) is 0 Å². The van der Waals surface area contributed by atoms with E-state index in [1.54, 1.807) is 4.90 Å². The largest absolute Gasteiger partial charge is 0.365 e. The van der Waals surface area contributed by atoms with Crippen LogP contribution in [0.5, 0.6) is 0 Å². The molecule has 0 aliphatic carbocycles. The summed E-state index contributed by atoms with van der Waals surface area (Å²) in [6.45, 7) is 3.40. The van der Waals surface area contributed by atoms with Gasteiger partial charge in [0.25, 0.3) is 5.91 Å². The zero-order chi connectivity index (χ0) is 11.5. The molecule has 1 heterocycles. The van der Waals surface area contributed by atoms with Crippen LogP contribution in [0.4, 0.5) is 5.69 Å². The first-order chi connectivity index (χ1) is 7.72. The van der Waals surface area contributed by atoms with E-state index >= 15 is 0 Å². The van der Waals surface area contributed by atoms with Crippen molar-refractivity contribution >= 4 is 11.6 Å². The van der Waals surface area contributed by atoms with Crippen LogP contribution < -0.4 is 10.6 Å². The molecule has 16 heavy (non-hydrogen) atoms. The number of morpholine rings is 1. The van der Waals surface area contributed by atoms with E-state index in [1.165, 1.54) is 5.56 Å². The summed E-state index contributed by atoms with van der Waals surface area (Å²) in [6.07, 6.45) is -0.491. The van der Waals surface area contributed by atoms with Crippen molar-refractivity contribution in [2.45, 2.75) is 13.0 Å². The molecule has 4 heteroatoms. The molecule has 0 saturated carbocycles. The maximum atomic E-state index is 12.0. The van der Waals surface area contributed by atoms with Crippen molar-refractivity contribution in [3.8, 4) is 0 Å². The van der Waals surface area contributed by atoms with Crippen molar-refractivity contribution in [2.75, 3.05) is 24.6 Å². The average molecular weight is 220 g/mol. The molecule has 1 atom stereocenters. The van der Waals surface area contributed by atoms with Gasteiger partial charge in [-0.15, -0.1) is 0 Å². The van der Waals surface area contributed by atoms with Gasteiger partial charge in [0.2, 0.25) is 0 Å². The molecule has 2 N–H and O–H groups in total. The number of benzene rings is 1. The highest BCUT2D eigenvalue weighted by molar-refractivity contribution is 5.97. The second kappa shape index (κ2) is 4.63. The lowest BCUT2D eigenvalue weighted by atomic mass is 10.2. The van der Waals surface area contributed by atoms with E-state index in [0.717, 1.165) is 5.69 Å². The number of aryl methyl sites for hydroxylation is 1. The minimum atomic E-state index is -0.491. The highest BCUT2D eigenvalue weighted by Gasteiger charge is 2.29. The molecular formula is C12H16N2O2. The molecule has 1 saturated heterocycles. The molecule has 0 radical (unpaired) electrons. The number of nitrogens with zero attached hydrogens (tertiary/aromatic N) is 1. The number of carbonyl (C=O) groups excluding carboxylic acids is 1. The minimum Gasteiger partial charge on any atom is -0.365 e. The molecule has 86 valence electrons. The van der Waals surface area contributed by atoms with E-state index in [9.17, 15) is 4.79 Å². The highest BCUT2D eigenvalue weighted by atomic mass is 16.5. The summed E-state index contributed by atoms with van der Waals surface area (Å²) >= 11 is 0. The predicted molar refractivity (Wildman–Crippen MR) is 62.3 cm³/mol. The second-order valence-electron chi connectivity index (χ2n) is 3.92. The molecule has 0 bridgehead atoms. The number of anilines is 1. The molecule has 0 aromatic heterocycles. The summed E-state index contributed by atoms with van der Waals surface area (Å²) in [5, 5.41) is 0. The number of amides is 1. The average Bonchev–Trinajstić information content (AvgIpc) is 2.31. The molecule has 1 aromatic rings. The Morgan fingerprint density at radius 2 is 2.12 bits per heavy atom. The van der Waals surface area contributed by atoms with E-state index in [-0.39, 0.29) is 12.5 Å². The van der Waals surface area contributed by atoms with E-state index in [4.69, 9.17) is 10.5 Å². The summed E-state index contributed by atoms with van der Waals surface area (Å²) in [5.74, 6) is -0.0439. The van der Waals surface area contributed by atoms with Crippen molar-refractivity contribution in [2.24, 2.45) is 5.73 Å². The Kier molecular flexibility index (Phi) is 3.22. The number of nitrogens with two attached hydrogens (primary N) is 1. The van der Waals surface area contributed by atoms with Crippen LogP contribution in [0.25, 0.3) is 0 Å². The van der Waals surface area contributed by atoms with Crippen LogP contribution in [0.15, 0.2) is 24.3 Å². The third-order valence-corrected chi connectivity index (χ3v) is 2.74. The van der Waals surface area contributed by atoms with Crippen molar-refractivity contribution in [1.29, 1.82) is 0 Å². The molecule has 1 aliphatic rings. The number of ether oxygens (including phenoxy) is 1. The van der Waals surface area contributed by atoms with E-state index < -0.39 is 6.10 Å². The minimum absolute atomic E-state index is 0.0439. The first-order valence-corrected chi connectivity index (χ1v) is 5.42.